The summed E-state index contributed by atoms with van der Waals surface area (Å²) < 4.78 is 0. The Hall–Kier alpha value is -0.570. The van der Waals surface area contributed by atoms with Gasteiger partial charge < -0.3 is 11.1 Å². The van der Waals surface area contributed by atoms with E-state index in [-0.39, 0.29) is 5.54 Å². The molecule has 0 aromatic carbocycles. The number of hydrogen-bond acceptors (Lipinski definition) is 3. The molecule has 0 fully saturated rings. The first-order valence-corrected chi connectivity index (χ1v) is 2.73. The van der Waals surface area contributed by atoms with E-state index in [1.807, 2.05) is 0 Å². The number of nitrogens with two attached hydrogens (primary N) is 1. The van der Waals surface area contributed by atoms with E-state index in [1.54, 1.807) is 6.34 Å². The molecule has 1 atom stereocenters. The molecule has 0 saturated carbocycles. The van der Waals surface area contributed by atoms with Crippen molar-refractivity contribution < 1.29 is 0 Å². The van der Waals surface area contributed by atoms with Gasteiger partial charge in [0.15, 0.2) is 0 Å². The van der Waals surface area contributed by atoms with E-state index in [1.165, 1.54) is 0 Å². The number of nitrogens with zero attached hydrogens (tertiary/aromatic N) is 1. The molecular formula is C5H11N3. The fourth-order valence-corrected chi connectivity index (χ4v) is 0.618. The van der Waals surface area contributed by atoms with Crippen LogP contribution in [0.4, 0.5) is 0 Å². The molecule has 0 amide bonds. The summed E-state index contributed by atoms with van der Waals surface area (Å²) in [5.74, 6) is 0. The second kappa shape index (κ2) is 1.74. The summed E-state index contributed by atoms with van der Waals surface area (Å²) in [6, 6.07) is 0. The van der Waals surface area contributed by atoms with E-state index in [9.17, 15) is 0 Å². The van der Waals surface area contributed by atoms with Crippen LogP contribution in [0.5, 0.6) is 0 Å². The van der Waals surface area contributed by atoms with Gasteiger partial charge in [-0.3, -0.25) is 4.99 Å². The van der Waals surface area contributed by atoms with E-state index < -0.39 is 0 Å². The van der Waals surface area contributed by atoms with E-state index in [0.717, 1.165) is 6.54 Å². The maximum Gasteiger partial charge on any atom is 0.0830 e. The highest BCUT2D eigenvalue weighted by atomic mass is 15.1. The number of nitrogens with one attached hydrogen (secondary N) is 1. The van der Waals surface area contributed by atoms with Gasteiger partial charge in [0.2, 0.25) is 0 Å². The Morgan fingerprint density at radius 1 is 2.00 bits per heavy atom. The predicted octanol–water partition coefficient (Wildman–Crippen LogP) is -0.665. The van der Waals surface area contributed by atoms with Crippen LogP contribution in [0.25, 0.3) is 0 Å². The lowest BCUT2D eigenvalue weighted by molar-refractivity contribution is 0.470. The molecule has 1 aliphatic rings. The maximum atomic E-state index is 5.43. The van der Waals surface area contributed by atoms with Gasteiger partial charge in [-0.2, -0.15) is 0 Å². The number of rotatable bonds is 1. The third-order valence-corrected chi connectivity index (χ3v) is 1.40. The van der Waals surface area contributed by atoms with Crippen molar-refractivity contribution in [2.75, 3.05) is 13.1 Å². The molecule has 1 heterocycles. The largest absolute Gasteiger partial charge is 0.368 e. The summed E-state index contributed by atoms with van der Waals surface area (Å²) in [6.45, 7) is 3.51. The third kappa shape index (κ3) is 0.816. The highest BCUT2D eigenvalue weighted by Gasteiger charge is 2.22. The summed E-state index contributed by atoms with van der Waals surface area (Å²) in [4.78, 5) is 3.99. The quantitative estimate of drug-likeness (QED) is 0.474. The van der Waals surface area contributed by atoms with Crippen molar-refractivity contribution in [3.63, 3.8) is 0 Å². The molecule has 46 valence electrons. The maximum absolute atomic E-state index is 5.43. The lowest BCUT2D eigenvalue weighted by Crippen LogP contribution is -2.46. The molecule has 3 heteroatoms. The van der Waals surface area contributed by atoms with Gasteiger partial charge in [0.05, 0.1) is 18.4 Å². The van der Waals surface area contributed by atoms with Crippen LogP contribution in [0.3, 0.4) is 0 Å². The summed E-state index contributed by atoms with van der Waals surface area (Å²) in [5, 5.41) is 3.07. The monoisotopic (exact) mass is 113 g/mol. The van der Waals surface area contributed by atoms with Gasteiger partial charge in [0, 0.05) is 6.54 Å². The highest BCUT2D eigenvalue weighted by molar-refractivity contribution is 5.58. The summed E-state index contributed by atoms with van der Waals surface area (Å²) in [7, 11) is 0. The van der Waals surface area contributed by atoms with Crippen molar-refractivity contribution in [1.29, 1.82) is 0 Å². The standard InChI is InChI=1S/C5H11N3/c1-5(2-6)3-7-4-8-5/h4H,2-3,6H2,1H3,(H,7,8). The molecule has 0 radical (unpaired) electrons. The Labute approximate surface area is 49.0 Å². The van der Waals surface area contributed by atoms with Crippen LogP contribution in [0.1, 0.15) is 6.92 Å². The first kappa shape index (κ1) is 5.56. The molecule has 1 rings (SSSR count). The molecule has 3 nitrogen and oxygen atoms in total. The fourth-order valence-electron chi connectivity index (χ4n) is 0.618. The van der Waals surface area contributed by atoms with Crippen LogP contribution in [0, 0.1) is 0 Å². The SMILES string of the molecule is CC1(CN)CN=CN1. The van der Waals surface area contributed by atoms with Crippen LogP contribution >= 0.6 is 0 Å². The average molecular weight is 113 g/mol. The van der Waals surface area contributed by atoms with Crippen molar-refractivity contribution in [2.24, 2.45) is 10.7 Å². The Morgan fingerprint density at radius 2 is 2.75 bits per heavy atom. The average Bonchev–Trinajstić information content (AvgIpc) is 2.17. The lowest BCUT2D eigenvalue weighted by Gasteiger charge is -2.19. The first-order valence-electron chi connectivity index (χ1n) is 2.73. The lowest BCUT2D eigenvalue weighted by atomic mass is 10.1. The second-order valence-electron chi connectivity index (χ2n) is 2.38. The number of aliphatic imine (C=N–C) groups is 1. The zero-order chi connectivity index (χ0) is 6.04. The van der Waals surface area contributed by atoms with Crippen LogP contribution < -0.4 is 11.1 Å². The normalized spacial score (nSPS) is 35.2. The van der Waals surface area contributed by atoms with E-state index in [2.05, 4.69) is 17.2 Å². The fraction of sp³-hybridized carbons (Fsp3) is 0.800. The van der Waals surface area contributed by atoms with E-state index in [4.69, 9.17) is 5.73 Å². The molecule has 1 aliphatic heterocycles. The molecule has 8 heavy (non-hydrogen) atoms. The van der Waals surface area contributed by atoms with Crippen molar-refractivity contribution in [1.82, 2.24) is 5.32 Å². The number of hydrogen-bond donors (Lipinski definition) is 2. The van der Waals surface area contributed by atoms with E-state index >= 15 is 0 Å². The van der Waals surface area contributed by atoms with E-state index in [0.29, 0.717) is 6.54 Å². The van der Waals surface area contributed by atoms with Crippen molar-refractivity contribution >= 4 is 6.34 Å². The molecule has 0 saturated heterocycles. The molecule has 1 unspecified atom stereocenters. The summed E-state index contributed by atoms with van der Waals surface area (Å²) >= 11 is 0. The van der Waals surface area contributed by atoms with Gasteiger partial charge in [-0.1, -0.05) is 0 Å². The van der Waals surface area contributed by atoms with Crippen LogP contribution in [-0.4, -0.2) is 25.0 Å². The Balaban J connectivity index is 2.46. The Morgan fingerprint density at radius 3 is 3.00 bits per heavy atom. The topological polar surface area (TPSA) is 50.4 Å². The van der Waals surface area contributed by atoms with Crippen LogP contribution in [-0.2, 0) is 0 Å². The van der Waals surface area contributed by atoms with Gasteiger partial charge in [-0.15, -0.1) is 0 Å². The van der Waals surface area contributed by atoms with Gasteiger partial charge >= 0.3 is 0 Å². The molecule has 3 N–H and O–H groups in total. The second-order valence-corrected chi connectivity index (χ2v) is 2.38. The minimum absolute atomic E-state index is 0.0417. The third-order valence-electron chi connectivity index (χ3n) is 1.40. The van der Waals surface area contributed by atoms with Crippen molar-refractivity contribution in [3.05, 3.63) is 0 Å². The molecule has 0 aliphatic carbocycles. The molecule has 0 bridgehead atoms. The van der Waals surface area contributed by atoms with Crippen LogP contribution in [0.2, 0.25) is 0 Å². The minimum atomic E-state index is 0.0417. The zero-order valence-corrected chi connectivity index (χ0v) is 5.02. The van der Waals surface area contributed by atoms with Gasteiger partial charge in [-0.25, -0.2) is 0 Å². The zero-order valence-electron chi connectivity index (χ0n) is 5.02. The first-order chi connectivity index (χ1) is 3.77. The summed E-state index contributed by atoms with van der Waals surface area (Å²) in [5.41, 5.74) is 5.47. The van der Waals surface area contributed by atoms with Crippen molar-refractivity contribution in [2.45, 2.75) is 12.5 Å². The summed E-state index contributed by atoms with van der Waals surface area (Å²) in [6.07, 6.45) is 1.72. The Bertz CT molecular complexity index is 100. The highest BCUT2D eigenvalue weighted by Crippen LogP contribution is 2.03. The molecule has 0 aromatic rings. The smallest absolute Gasteiger partial charge is 0.0830 e. The molecule has 0 aromatic heterocycles. The van der Waals surface area contributed by atoms with Gasteiger partial charge in [-0.05, 0) is 6.92 Å². The van der Waals surface area contributed by atoms with Crippen LogP contribution in [0.15, 0.2) is 4.99 Å². The van der Waals surface area contributed by atoms with Gasteiger partial charge in [0.25, 0.3) is 0 Å². The molecule has 0 spiro atoms. The van der Waals surface area contributed by atoms with Crippen molar-refractivity contribution in [3.8, 4) is 0 Å². The minimum Gasteiger partial charge on any atom is -0.368 e. The predicted molar refractivity (Wildman–Crippen MR) is 34.0 cm³/mol. The Kier molecular flexibility index (Phi) is 1.21. The molecular weight excluding hydrogens is 102 g/mol. The van der Waals surface area contributed by atoms with Gasteiger partial charge in [0.1, 0.15) is 0 Å².